The largest absolute Gasteiger partial charge is 0.460 e. The Labute approximate surface area is 222 Å². The van der Waals surface area contributed by atoms with Crippen LogP contribution in [0.5, 0.6) is 5.75 Å². The van der Waals surface area contributed by atoms with Gasteiger partial charge in [0.2, 0.25) is 0 Å². The second-order valence-corrected chi connectivity index (χ2v) is 11.3. The zero-order chi connectivity index (χ0) is 29.0. The van der Waals surface area contributed by atoms with Crippen LogP contribution in [-0.2, 0) is 34.8 Å². The Hall–Kier alpha value is -2.55. The minimum atomic E-state index is -4.31. The van der Waals surface area contributed by atoms with Gasteiger partial charge in [-0.1, -0.05) is 48.5 Å². The van der Waals surface area contributed by atoms with Crippen molar-refractivity contribution in [3.8, 4) is 5.75 Å². The van der Waals surface area contributed by atoms with Crippen LogP contribution in [0.25, 0.3) is 0 Å². The van der Waals surface area contributed by atoms with Gasteiger partial charge < -0.3 is 14.0 Å². The van der Waals surface area contributed by atoms with E-state index < -0.39 is 45.5 Å². The molecule has 0 amide bonds. The summed E-state index contributed by atoms with van der Waals surface area (Å²) in [5, 5.41) is 2.63. The van der Waals surface area contributed by atoms with E-state index in [4.69, 9.17) is 22.6 Å². The van der Waals surface area contributed by atoms with Crippen molar-refractivity contribution in [2.45, 2.75) is 50.9 Å². The maximum atomic E-state index is 14.1. The number of carbonyl (C=O) groups is 2. The van der Waals surface area contributed by atoms with Gasteiger partial charge in [-0.25, -0.2) is 4.57 Å². The molecule has 3 heterocycles. The third-order valence-electron chi connectivity index (χ3n) is 6.94. The molecule has 5 rings (SSSR count). The molecule has 0 aromatic heterocycles. The average Bonchev–Trinajstić information content (AvgIpc) is 2.92. The summed E-state index contributed by atoms with van der Waals surface area (Å²) in [7, 11) is -7.06. The van der Waals surface area contributed by atoms with Crippen LogP contribution in [-0.4, -0.2) is 61.1 Å². The first-order valence-electron chi connectivity index (χ1n) is 13.8. The molecule has 10 heteroatoms. The second kappa shape index (κ2) is 11.9. The SMILES string of the molecule is [2H]C([2H])([2H])OC[C@]1(COP(=O)(N[C@@H](C)C(=O)OCc2ccccc2)Oc2ccccc2)C(=O)[C@H]2CCN1[C@H](C)C2. The number of Topliss-reactive ketones (excluding diaryl/α,β-unsaturated/α-hetero) is 1. The van der Waals surface area contributed by atoms with Crippen molar-refractivity contribution in [3.05, 3.63) is 66.2 Å². The van der Waals surface area contributed by atoms with E-state index in [1.54, 1.807) is 30.3 Å². The van der Waals surface area contributed by atoms with Crippen molar-refractivity contribution in [2.24, 2.45) is 5.92 Å². The van der Waals surface area contributed by atoms with Crippen LogP contribution >= 0.6 is 7.75 Å². The van der Waals surface area contributed by atoms with Gasteiger partial charge in [0.15, 0.2) is 5.78 Å². The molecule has 3 aliphatic rings. The van der Waals surface area contributed by atoms with E-state index in [9.17, 15) is 14.2 Å². The molecule has 2 aromatic rings. The zero-order valence-electron chi connectivity index (χ0n) is 24.0. The van der Waals surface area contributed by atoms with E-state index in [0.29, 0.717) is 19.4 Å². The summed E-state index contributed by atoms with van der Waals surface area (Å²) in [4.78, 5) is 28.2. The highest BCUT2D eigenvalue weighted by atomic mass is 31.2. The number of rotatable bonds is 12. The average molecular weight is 534 g/mol. The minimum absolute atomic E-state index is 0.0225. The molecule has 200 valence electrons. The highest BCUT2D eigenvalue weighted by molar-refractivity contribution is 7.52. The van der Waals surface area contributed by atoms with Crippen molar-refractivity contribution in [2.75, 3.05) is 26.8 Å². The number of hydrogen-bond donors (Lipinski definition) is 1. The Morgan fingerprint density at radius 3 is 2.57 bits per heavy atom. The summed E-state index contributed by atoms with van der Waals surface area (Å²) in [6, 6.07) is 16.2. The molecule has 2 unspecified atom stereocenters. The van der Waals surface area contributed by atoms with Crippen LogP contribution in [0.3, 0.4) is 0 Å². The Bertz CT molecular complexity index is 1220. The minimum Gasteiger partial charge on any atom is -0.460 e. The summed E-state index contributed by atoms with van der Waals surface area (Å²) in [5.74, 6) is -0.989. The fourth-order valence-electron chi connectivity index (χ4n) is 5.08. The Morgan fingerprint density at radius 1 is 1.19 bits per heavy atom. The van der Waals surface area contributed by atoms with E-state index >= 15 is 0 Å². The highest BCUT2D eigenvalue weighted by Crippen LogP contribution is 2.48. The van der Waals surface area contributed by atoms with E-state index in [0.717, 1.165) is 5.56 Å². The molecule has 3 fully saturated rings. The summed E-state index contributed by atoms with van der Waals surface area (Å²) >= 11 is 0. The molecule has 2 bridgehead atoms. The van der Waals surface area contributed by atoms with E-state index in [-0.39, 0.29) is 30.1 Å². The fourth-order valence-corrected chi connectivity index (χ4v) is 6.62. The van der Waals surface area contributed by atoms with Gasteiger partial charge in [0, 0.05) is 25.5 Å². The van der Waals surface area contributed by atoms with Gasteiger partial charge in [-0.15, -0.1) is 0 Å². The normalized spacial score (nSPS) is 28.9. The van der Waals surface area contributed by atoms with Crippen LogP contribution in [0.15, 0.2) is 60.7 Å². The number of piperidine rings is 3. The molecule has 2 aromatic carbocycles. The number of ketones is 1. The maximum absolute atomic E-state index is 14.1. The predicted molar refractivity (Wildman–Crippen MR) is 138 cm³/mol. The van der Waals surface area contributed by atoms with Gasteiger partial charge in [0.25, 0.3) is 0 Å². The summed E-state index contributed by atoms with van der Waals surface area (Å²) in [6.45, 7) is 3.03. The Kier molecular flexibility index (Phi) is 7.56. The number of hydrogen-bond acceptors (Lipinski definition) is 8. The van der Waals surface area contributed by atoms with Gasteiger partial charge in [-0.05, 0) is 44.4 Å². The maximum Gasteiger partial charge on any atom is 0.459 e. The number of fused-ring (bicyclic) bond motifs is 3. The molecular formula is C27H35N2O7P. The molecule has 6 atom stereocenters. The first-order valence-corrected chi connectivity index (χ1v) is 13.9. The van der Waals surface area contributed by atoms with E-state index in [1.807, 2.05) is 42.2 Å². The smallest absolute Gasteiger partial charge is 0.459 e. The van der Waals surface area contributed by atoms with Crippen LogP contribution in [0, 0.1) is 5.92 Å². The lowest BCUT2D eigenvalue weighted by Gasteiger charge is -2.55. The third kappa shape index (κ3) is 6.30. The number of carbonyl (C=O) groups excluding carboxylic acids is 2. The molecule has 0 saturated carbocycles. The van der Waals surface area contributed by atoms with Gasteiger partial charge in [-0.3, -0.25) is 19.0 Å². The van der Waals surface area contributed by atoms with Crippen molar-refractivity contribution >= 4 is 19.5 Å². The van der Waals surface area contributed by atoms with Crippen LogP contribution in [0.4, 0.5) is 0 Å². The van der Waals surface area contributed by atoms with Gasteiger partial charge >= 0.3 is 13.7 Å². The lowest BCUT2D eigenvalue weighted by atomic mass is 9.71. The van der Waals surface area contributed by atoms with Gasteiger partial charge in [0.1, 0.15) is 23.9 Å². The van der Waals surface area contributed by atoms with Gasteiger partial charge in [0.05, 0.1) is 17.3 Å². The van der Waals surface area contributed by atoms with Crippen molar-refractivity contribution in [1.29, 1.82) is 0 Å². The van der Waals surface area contributed by atoms with Crippen LogP contribution in [0.1, 0.15) is 36.4 Å². The zero-order valence-corrected chi connectivity index (χ0v) is 21.9. The number of esters is 1. The van der Waals surface area contributed by atoms with Crippen molar-refractivity contribution in [3.63, 3.8) is 0 Å². The van der Waals surface area contributed by atoms with E-state index in [1.165, 1.54) is 6.92 Å². The molecule has 0 radical (unpaired) electrons. The quantitative estimate of drug-likeness (QED) is 0.321. The lowest BCUT2D eigenvalue weighted by Crippen LogP contribution is -2.71. The fraction of sp³-hybridized carbons (Fsp3) is 0.481. The Morgan fingerprint density at radius 2 is 1.89 bits per heavy atom. The molecule has 9 nitrogen and oxygen atoms in total. The summed E-state index contributed by atoms with van der Waals surface area (Å²) < 4.78 is 58.8. The molecule has 3 saturated heterocycles. The molecule has 1 N–H and O–H groups in total. The van der Waals surface area contributed by atoms with Crippen molar-refractivity contribution in [1.82, 2.24) is 9.99 Å². The first-order chi connectivity index (χ1) is 18.9. The number of nitrogens with zero attached hydrogens (tertiary/aromatic N) is 1. The number of nitrogens with one attached hydrogen (secondary N) is 1. The first kappa shape index (κ1) is 23.6. The Balaban J connectivity index is 1.55. The lowest BCUT2D eigenvalue weighted by molar-refractivity contribution is -0.163. The molecule has 0 spiro atoms. The van der Waals surface area contributed by atoms with Crippen molar-refractivity contribution < 1.29 is 36.8 Å². The monoisotopic (exact) mass is 533 g/mol. The topological polar surface area (TPSA) is 103 Å². The standard InChI is InChI=1S/C27H35N2O7P/c1-20-16-23-14-15-29(20)27(18-33-3,25(23)30)19-35-37(32,36-24-12-8-5-9-13-24)28-21(2)26(31)34-17-22-10-6-4-7-11-22/h4-13,20-21,23H,14-19H2,1-3H3,(H,28,32)/t20-,21+,23+,27+,37?/m1/s1/i3D3. The molecular weight excluding hydrogens is 495 g/mol. The van der Waals surface area contributed by atoms with Crippen LogP contribution < -0.4 is 9.61 Å². The number of benzene rings is 2. The number of ether oxygens (including phenoxy) is 2. The highest BCUT2D eigenvalue weighted by Gasteiger charge is 2.56. The summed E-state index contributed by atoms with van der Waals surface area (Å²) in [5.41, 5.74) is -0.697. The van der Waals surface area contributed by atoms with Crippen LogP contribution in [0.2, 0.25) is 0 Å². The molecule has 3 aliphatic heterocycles. The predicted octanol–water partition coefficient (Wildman–Crippen LogP) is 3.98. The number of para-hydroxylation sites is 1. The van der Waals surface area contributed by atoms with E-state index in [2.05, 4.69) is 5.09 Å². The number of methoxy groups -OCH3 is 1. The summed E-state index contributed by atoms with van der Waals surface area (Å²) in [6.07, 6.45) is 1.27. The molecule has 37 heavy (non-hydrogen) atoms. The third-order valence-corrected chi connectivity index (χ3v) is 8.56. The van der Waals surface area contributed by atoms with Gasteiger partial charge in [-0.2, -0.15) is 5.09 Å². The molecule has 0 aliphatic carbocycles. The second-order valence-electron chi connectivity index (χ2n) is 9.57.